The summed E-state index contributed by atoms with van der Waals surface area (Å²) in [6.07, 6.45) is 2.71. The van der Waals surface area contributed by atoms with Gasteiger partial charge < -0.3 is 20.1 Å². The number of hydrogen-bond donors (Lipinski definition) is 2. The van der Waals surface area contributed by atoms with Crippen LogP contribution in [-0.4, -0.2) is 71.7 Å². The van der Waals surface area contributed by atoms with Gasteiger partial charge in [0.05, 0.1) is 36.1 Å². The van der Waals surface area contributed by atoms with Gasteiger partial charge in [0.2, 0.25) is 5.91 Å². The number of ether oxygens (including phenoxy) is 1. The molecule has 2 N–H and O–H groups in total. The third-order valence-corrected chi connectivity index (χ3v) is 6.72. The zero-order chi connectivity index (χ0) is 16.4. The molecule has 1 saturated carbocycles. The van der Waals surface area contributed by atoms with Crippen LogP contribution in [0.4, 0.5) is 0 Å². The Hall–Kier alpha value is -0.0700. The number of nitrogens with zero attached hydrogens (tertiary/aromatic N) is 1. The lowest BCUT2D eigenvalue weighted by atomic mass is 9.72. The number of halogens is 2. The maximum atomic E-state index is 12.7. The molecule has 3 aliphatic rings. The van der Waals surface area contributed by atoms with Crippen molar-refractivity contribution in [1.82, 2.24) is 10.2 Å². The molecule has 2 aliphatic heterocycles. The number of rotatable bonds is 2. The normalized spacial score (nSPS) is 42.5. The first-order chi connectivity index (χ1) is 11.1. The Morgan fingerprint density at radius 2 is 1.91 bits per heavy atom. The van der Waals surface area contributed by atoms with Crippen molar-refractivity contribution in [3.05, 3.63) is 0 Å². The molecule has 23 heavy (non-hydrogen) atoms. The number of aliphatic hydroxyl groups excluding tert-OH is 1. The van der Waals surface area contributed by atoms with Crippen LogP contribution in [0.2, 0.25) is 0 Å². The van der Waals surface area contributed by atoms with Gasteiger partial charge in [0.15, 0.2) is 0 Å². The summed E-state index contributed by atoms with van der Waals surface area (Å²) in [5.74, 6) is 0.372. The lowest BCUT2D eigenvalue weighted by Crippen LogP contribution is -2.55. The average Bonchev–Trinajstić information content (AvgIpc) is 2.59. The number of alkyl halides is 2. The smallest absolute Gasteiger partial charge is 0.239 e. The minimum atomic E-state index is -0.408. The number of carbonyl (C=O) groups is 1. The molecule has 132 valence electrons. The van der Waals surface area contributed by atoms with Crippen LogP contribution < -0.4 is 5.32 Å². The maximum Gasteiger partial charge on any atom is 0.239 e. The van der Waals surface area contributed by atoms with Crippen LogP contribution in [-0.2, 0) is 9.53 Å². The summed E-state index contributed by atoms with van der Waals surface area (Å²) < 4.78 is 5.31. The number of nitrogens with one attached hydrogen (secondary N) is 1. The molecule has 0 aromatic carbocycles. The Kier molecular flexibility index (Phi) is 6.07. The molecular formula is C16H26Cl2N2O3. The number of piperidine rings is 1. The summed E-state index contributed by atoms with van der Waals surface area (Å²) in [4.78, 5) is 14.6. The number of aliphatic hydroxyl groups is 1. The molecule has 2 saturated heterocycles. The molecule has 0 aromatic rings. The summed E-state index contributed by atoms with van der Waals surface area (Å²) in [7, 11) is 0. The number of carbonyl (C=O) groups excluding carboxylic acids is 1. The predicted octanol–water partition coefficient (Wildman–Crippen LogP) is 1.20. The topological polar surface area (TPSA) is 61.8 Å². The minimum absolute atomic E-state index is 0.0185. The Morgan fingerprint density at radius 1 is 1.17 bits per heavy atom. The number of morpholine rings is 1. The average molecular weight is 365 g/mol. The fourth-order valence-corrected chi connectivity index (χ4v) is 4.99. The highest BCUT2D eigenvalue weighted by Gasteiger charge is 2.44. The minimum Gasteiger partial charge on any atom is -0.393 e. The summed E-state index contributed by atoms with van der Waals surface area (Å²) >= 11 is 12.8. The van der Waals surface area contributed by atoms with Crippen LogP contribution in [0.3, 0.4) is 0 Å². The summed E-state index contributed by atoms with van der Waals surface area (Å²) in [5.41, 5.74) is 0. The Morgan fingerprint density at radius 3 is 2.65 bits per heavy atom. The molecule has 3 fully saturated rings. The molecule has 0 spiro atoms. The third-order valence-electron chi connectivity index (χ3n) is 5.51. The van der Waals surface area contributed by atoms with E-state index in [1.165, 1.54) is 0 Å². The SMILES string of the molecule is O=C([C@H]1C[C@H](C2C(O)CCC(Cl)C2Cl)CCN1)N1CCOCC1. The van der Waals surface area contributed by atoms with Gasteiger partial charge in [-0.25, -0.2) is 0 Å². The first kappa shape index (κ1) is 17.7. The van der Waals surface area contributed by atoms with E-state index in [-0.39, 0.29) is 34.5 Å². The van der Waals surface area contributed by atoms with Gasteiger partial charge in [-0.1, -0.05) is 0 Å². The molecule has 0 aromatic heterocycles. The molecule has 0 radical (unpaired) electrons. The second-order valence-corrected chi connectivity index (χ2v) is 7.98. The quantitative estimate of drug-likeness (QED) is 0.722. The van der Waals surface area contributed by atoms with Crippen molar-refractivity contribution < 1.29 is 14.6 Å². The van der Waals surface area contributed by atoms with Crippen molar-refractivity contribution in [3.63, 3.8) is 0 Å². The third kappa shape index (κ3) is 3.96. The van der Waals surface area contributed by atoms with E-state index in [0.29, 0.717) is 32.7 Å². The monoisotopic (exact) mass is 364 g/mol. The lowest BCUT2D eigenvalue weighted by molar-refractivity contribution is -0.139. The second-order valence-electron chi connectivity index (χ2n) is 6.91. The van der Waals surface area contributed by atoms with Crippen LogP contribution >= 0.6 is 23.2 Å². The molecule has 7 heteroatoms. The van der Waals surface area contributed by atoms with Gasteiger partial charge in [0.1, 0.15) is 0 Å². The molecule has 5 nitrogen and oxygen atoms in total. The van der Waals surface area contributed by atoms with Gasteiger partial charge in [0.25, 0.3) is 0 Å². The molecule has 0 bridgehead atoms. The highest BCUT2D eigenvalue weighted by Crippen LogP contribution is 2.40. The van der Waals surface area contributed by atoms with E-state index in [9.17, 15) is 9.90 Å². The molecule has 3 rings (SSSR count). The van der Waals surface area contributed by atoms with Crippen molar-refractivity contribution in [3.8, 4) is 0 Å². The fraction of sp³-hybridized carbons (Fsp3) is 0.938. The van der Waals surface area contributed by atoms with Crippen LogP contribution in [0.15, 0.2) is 0 Å². The zero-order valence-electron chi connectivity index (χ0n) is 13.3. The van der Waals surface area contributed by atoms with Gasteiger partial charge in [-0.05, 0) is 38.1 Å². The first-order valence-corrected chi connectivity index (χ1v) is 9.51. The molecule has 2 heterocycles. The van der Waals surface area contributed by atoms with Gasteiger partial charge in [-0.2, -0.15) is 0 Å². The van der Waals surface area contributed by atoms with Gasteiger partial charge in [-0.15, -0.1) is 23.2 Å². The highest BCUT2D eigenvalue weighted by molar-refractivity contribution is 6.30. The lowest BCUT2D eigenvalue weighted by Gasteiger charge is -2.43. The predicted molar refractivity (Wildman–Crippen MR) is 89.9 cm³/mol. The standard InChI is InChI=1S/C16H26Cl2N2O3/c17-11-1-2-13(21)14(15(11)18)10-3-4-19-12(9-10)16(22)20-5-7-23-8-6-20/h10-15,19,21H,1-9H2/t10-,11?,12-,13?,14?,15?/m1/s1. The van der Waals surface area contributed by atoms with Crippen LogP contribution in [0.1, 0.15) is 25.7 Å². The van der Waals surface area contributed by atoms with Crippen molar-refractivity contribution in [2.45, 2.75) is 48.6 Å². The maximum absolute atomic E-state index is 12.7. The van der Waals surface area contributed by atoms with Crippen molar-refractivity contribution in [2.24, 2.45) is 11.8 Å². The van der Waals surface area contributed by atoms with E-state index in [1.807, 2.05) is 4.90 Å². The Labute approximate surface area is 147 Å². The summed E-state index contributed by atoms with van der Waals surface area (Å²) in [6, 6.07) is -0.182. The van der Waals surface area contributed by atoms with Crippen LogP contribution in [0.25, 0.3) is 0 Å². The van der Waals surface area contributed by atoms with Gasteiger partial charge >= 0.3 is 0 Å². The first-order valence-electron chi connectivity index (χ1n) is 8.64. The Balaban J connectivity index is 1.64. The largest absolute Gasteiger partial charge is 0.393 e. The molecule has 6 atom stereocenters. The van der Waals surface area contributed by atoms with Crippen molar-refractivity contribution in [2.75, 3.05) is 32.8 Å². The molecule has 1 amide bonds. The van der Waals surface area contributed by atoms with Crippen LogP contribution in [0, 0.1) is 11.8 Å². The number of amides is 1. The van der Waals surface area contributed by atoms with E-state index in [2.05, 4.69) is 5.32 Å². The van der Waals surface area contributed by atoms with Gasteiger partial charge in [-0.3, -0.25) is 4.79 Å². The number of hydrogen-bond acceptors (Lipinski definition) is 4. The molecular weight excluding hydrogens is 339 g/mol. The second kappa shape index (κ2) is 7.87. The molecule has 1 aliphatic carbocycles. The van der Waals surface area contributed by atoms with E-state index in [1.54, 1.807) is 0 Å². The Bertz CT molecular complexity index is 420. The van der Waals surface area contributed by atoms with Crippen molar-refractivity contribution in [1.29, 1.82) is 0 Å². The van der Waals surface area contributed by atoms with E-state index >= 15 is 0 Å². The fourth-order valence-electron chi connectivity index (χ4n) is 4.20. The highest BCUT2D eigenvalue weighted by atomic mass is 35.5. The summed E-state index contributed by atoms with van der Waals surface area (Å²) in [5, 5.41) is 13.4. The van der Waals surface area contributed by atoms with Crippen molar-refractivity contribution >= 4 is 29.1 Å². The summed E-state index contributed by atoms with van der Waals surface area (Å²) in [6.45, 7) is 3.33. The van der Waals surface area contributed by atoms with E-state index < -0.39 is 6.10 Å². The van der Waals surface area contributed by atoms with E-state index in [0.717, 1.165) is 25.8 Å². The van der Waals surface area contributed by atoms with E-state index in [4.69, 9.17) is 27.9 Å². The van der Waals surface area contributed by atoms with Crippen LogP contribution in [0.5, 0.6) is 0 Å². The molecule has 4 unspecified atom stereocenters. The van der Waals surface area contributed by atoms with Gasteiger partial charge in [0, 0.05) is 19.0 Å². The zero-order valence-corrected chi connectivity index (χ0v) is 14.8.